The third-order valence-corrected chi connectivity index (χ3v) is 6.76. The number of allylic oxidation sites excluding steroid dienone is 1. The van der Waals surface area contributed by atoms with Gasteiger partial charge in [-0.2, -0.15) is 4.98 Å². The zero-order chi connectivity index (χ0) is 22.0. The number of benzene rings is 1. The van der Waals surface area contributed by atoms with Gasteiger partial charge >= 0.3 is 0 Å². The highest BCUT2D eigenvalue weighted by Crippen LogP contribution is 2.29. The molecule has 11 heteroatoms. The number of amides is 1. The number of thiazole rings is 1. The van der Waals surface area contributed by atoms with Gasteiger partial charge in [-0.25, -0.2) is 13.8 Å². The Balaban J connectivity index is 1.57. The molecular weight excluding hydrogens is 444 g/mol. The smallest absolute Gasteiger partial charge is 0.274 e. The molecule has 3 heterocycles. The van der Waals surface area contributed by atoms with Gasteiger partial charge in [-0.15, -0.1) is 6.58 Å². The molecule has 0 aliphatic carbocycles. The van der Waals surface area contributed by atoms with Crippen LogP contribution in [0.5, 0.6) is 0 Å². The lowest BCUT2D eigenvalue weighted by molar-refractivity contribution is -0.113. The molecule has 3 aromatic rings. The molecule has 1 aromatic carbocycles. The molecule has 1 fully saturated rings. The van der Waals surface area contributed by atoms with Crippen molar-refractivity contribution in [3.63, 3.8) is 0 Å². The lowest BCUT2D eigenvalue weighted by Crippen LogP contribution is -2.23. The maximum Gasteiger partial charge on any atom is 0.274 e. The van der Waals surface area contributed by atoms with Crippen LogP contribution in [0.3, 0.4) is 0 Å². The third-order valence-electron chi connectivity index (χ3n) is 4.69. The number of nitrogens with one attached hydrogen (secondary N) is 1. The average Bonchev–Trinajstić information content (AvgIpc) is 3.41. The van der Waals surface area contributed by atoms with Crippen LogP contribution in [-0.2, 0) is 11.3 Å². The fraction of sp³-hybridized carbons (Fsp3) is 0.300. The SMILES string of the molecule is C=CCn1c(SCC(=O)Nc2cc(F)ccc2F)nc2nc(N3CCCC3)sc2c1=O. The quantitative estimate of drug-likeness (QED) is 0.327. The summed E-state index contributed by atoms with van der Waals surface area (Å²) in [6.07, 6.45) is 3.75. The van der Waals surface area contributed by atoms with Crippen molar-refractivity contribution in [2.24, 2.45) is 0 Å². The summed E-state index contributed by atoms with van der Waals surface area (Å²) in [5, 5.41) is 3.41. The van der Waals surface area contributed by atoms with E-state index in [2.05, 4.69) is 26.8 Å². The maximum atomic E-state index is 13.7. The zero-order valence-electron chi connectivity index (χ0n) is 16.4. The zero-order valence-corrected chi connectivity index (χ0v) is 18.1. The minimum absolute atomic E-state index is 0.145. The van der Waals surface area contributed by atoms with E-state index in [9.17, 15) is 18.4 Å². The van der Waals surface area contributed by atoms with Gasteiger partial charge in [0.05, 0.1) is 11.4 Å². The monoisotopic (exact) mass is 463 g/mol. The first kappa shape index (κ1) is 21.4. The molecule has 1 amide bonds. The first-order valence-electron chi connectivity index (χ1n) is 9.61. The molecule has 1 aliphatic rings. The molecule has 31 heavy (non-hydrogen) atoms. The Labute approximate surface area is 184 Å². The summed E-state index contributed by atoms with van der Waals surface area (Å²) < 4.78 is 28.9. The van der Waals surface area contributed by atoms with Gasteiger partial charge in [0, 0.05) is 25.7 Å². The average molecular weight is 464 g/mol. The van der Waals surface area contributed by atoms with Crippen LogP contribution in [0, 0.1) is 11.6 Å². The van der Waals surface area contributed by atoms with Gasteiger partial charge < -0.3 is 10.2 Å². The molecule has 1 aliphatic heterocycles. The number of halogens is 2. The highest BCUT2D eigenvalue weighted by Gasteiger charge is 2.21. The summed E-state index contributed by atoms with van der Waals surface area (Å²) in [6.45, 7) is 5.71. The standard InChI is InChI=1S/C20H19F2N5O2S2/c1-2-7-27-18(29)16-17(24-19(31-16)26-8-3-4-9-26)25-20(27)30-11-15(28)23-14-10-12(21)5-6-13(14)22/h2,5-6,10H,1,3-4,7-9,11H2,(H,23,28). The molecule has 0 atom stereocenters. The van der Waals surface area contributed by atoms with Crippen molar-refractivity contribution in [1.29, 1.82) is 0 Å². The molecule has 2 aromatic heterocycles. The van der Waals surface area contributed by atoms with Crippen molar-refractivity contribution in [2.45, 2.75) is 24.5 Å². The summed E-state index contributed by atoms with van der Waals surface area (Å²) in [4.78, 5) is 36.4. The number of anilines is 2. The van der Waals surface area contributed by atoms with Crippen LogP contribution in [0.4, 0.5) is 19.6 Å². The summed E-state index contributed by atoms with van der Waals surface area (Å²) in [7, 11) is 0. The summed E-state index contributed by atoms with van der Waals surface area (Å²) >= 11 is 2.34. The molecule has 0 bridgehead atoms. The molecule has 1 saturated heterocycles. The van der Waals surface area contributed by atoms with Crippen LogP contribution < -0.4 is 15.8 Å². The van der Waals surface area contributed by atoms with Crippen molar-refractivity contribution in [3.8, 4) is 0 Å². The van der Waals surface area contributed by atoms with Gasteiger partial charge in [-0.3, -0.25) is 14.2 Å². The van der Waals surface area contributed by atoms with Crippen LogP contribution in [0.25, 0.3) is 10.3 Å². The molecule has 0 radical (unpaired) electrons. The van der Waals surface area contributed by atoms with E-state index in [1.807, 2.05) is 0 Å². The molecule has 1 N–H and O–H groups in total. The van der Waals surface area contributed by atoms with E-state index in [0.717, 1.165) is 61.0 Å². The number of nitrogens with zero attached hydrogens (tertiary/aromatic N) is 4. The van der Waals surface area contributed by atoms with Crippen LogP contribution in [0.15, 0.2) is 40.8 Å². The fourth-order valence-corrected chi connectivity index (χ4v) is 5.03. The highest BCUT2D eigenvalue weighted by molar-refractivity contribution is 7.99. The van der Waals surface area contributed by atoms with Crippen LogP contribution in [-0.4, -0.2) is 39.3 Å². The number of thioether (sulfide) groups is 1. The molecule has 0 unspecified atom stereocenters. The molecule has 0 saturated carbocycles. The van der Waals surface area contributed by atoms with Gasteiger partial charge in [0.15, 0.2) is 15.9 Å². The second-order valence-electron chi connectivity index (χ2n) is 6.90. The van der Waals surface area contributed by atoms with Crippen molar-refractivity contribution in [2.75, 3.05) is 29.1 Å². The van der Waals surface area contributed by atoms with E-state index in [-0.39, 0.29) is 23.5 Å². The van der Waals surface area contributed by atoms with Crippen LogP contribution >= 0.6 is 23.1 Å². The van der Waals surface area contributed by atoms with Gasteiger partial charge in [0.1, 0.15) is 16.3 Å². The summed E-state index contributed by atoms with van der Waals surface area (Å²) in [5.41, 5.74) is -0.143. The molecule has 162 valence electrons. The Bertz CT molecular complexity index is 1200. The number of rotatable bonds is 7. The van der Waals surface area contributed by atoms with Crippen molar-refractivity contribution in [3.05, 3.63) is 52.8 Å². The molecule has 4 rings (SSSR count). The van der Waals surface area contributed by atoms with Gasteiger partial charge in [-0.1, -0.05) is 29.2 Å². The Hall–Kier alpha value is -2.79. The molecular formula is C20H19F2N5O2S2. The van der Waals surface area contributed by atoms with Crippen molar-refractivity contribution in [1.82, 2.24) is 14.5 Å². The maximum absolute atomic E-state index is 13.7. The number of aromatic nitrogens is 3. The van der Waals surface area contributed by atoms with E-state index in [4.69, 9.17) is 0 Å². The van der Waals surface area contributed by atoms with Crippen molar-refractivity contribution < 1.29 is 13.6 Å². The van der Waals surface area contributed by atoms with E-state index >= 15 is 0 Å². The van der Waals surface area contributed by atoms with Crippen LogP contribution in [0.2, 0.25) is 0 Å². The number of carbonyl (C=O) groups is 1. The van der Waals surface area contributed by atoms with Gasteiger partial charge in [0.25, 0.3) is 5.56 Å². The normalized spacial score (nSPS) is 13.7. The number of carbonyl (C=O) groups excluding carboxylic acids is 1. The fourth-order valence-electron chi connectivity index (χ4n) is 3.23. The minimum Gasteiger partial charge on any atom is -0.348 e. The minimum atomic E-state index is -0.736. The largest absolute Gasteiger partial charge is 0.348 e. The highest BCUT2D eigenvalue weighted by atomic mass is 32.2. The van der Waals surface area contributed by atoms with Crippen molar-refractivity contribution >= 4 is 50.2 Å². The predicted octanol–water partition coefficient (Wildman–Crippen LogP) is 3.65. The van der Waals surface area contributed by atoms with E-state index in [0.29, 0.717) is 15.5 Å². The van der Waals surface area contributed by atoms with E-state index < -0.39 is 17.5 Å². The van der Waals surface area contributed by atoms with Gasteiger partial charge in [0.2, 0.25) is 5.91 Å². The second kappa shape index (κ2) is 9.15. The first-order valence-corrected chi connectivity index (χ1v) is 11.4. The Kier molecular flexibility index (Phi) is 6.33. The van der Waals surface area contributed by atoms with E-state index in [1.54, 1.807) is 6.08 Å². The summed E-state index contributed by atoms with van der Waals surface area (Å²) in [6, 6.07) is 2.82. The lowest BCUT2D eigenvalue weighted by atomic mass is 10.3. The second-order valence-corrected chi connectivity index (χ2v) is 8.82. The Morgan fingerprint density at radius 3 is 2.81 bits per heavy atom. The molecule has 0 spiro atoms. The Morgan fingerprint density at radius 1 is 1.29 bits per heavy atom. The summed E-state index contributed by atoms with van der Waals surface area (Å²) in [5.74, 6) is -2.09. The van der Waals surface area contributed by atoms with Crippen LogP contribution in [0.1, 0.15) is 12.8 Å². The predicted molar refractivity (Wildman–Crippen MR) is 119 cm³/mol. The number of hydrogen-bond acceptors (Lipinski definition) is 7. The van der Waals surface area contributed by atoms with Gasteiger partial charge in [-0.05, 0) is 25.0 Å². The number of fused-ring (bicyclic) bond motifs is 1. The lowest BCUT2D eigenvalue weighted by Gasteiger charge is -2.11. The number of hydrogen-bond donors (Lipinski definition) is 1. The molecule has 7 nitrogen and oxygen atoms in total. The third kappa shape index (κ3) is 4.62. The topological polar surface area (TPSA) is 80.1 Å². The first-order chi connectivity index (χ1) is 15.0. The van der Waals surface area contributed by atoms with E-state index in [1.165, 1.54) is 15.9 Å². The Morgan fingerprint density at radius 2 is 2.06 bits per heavy atom.